The van der Waals surface area contributed by atoms with E-state index in [2.05, 4.69) is 49.3 Å². The summed E-state index contributed by atoms with van der Waals surface area (Å²) in [6, 6.07) is 17.8. The third kappa shape index (κ3) is 2.86. The lowest BCUT2D eigenvalue weighted by Crippen LogP contribution is -2.05. The molecule has 1 atom stereocenters. The minimum Gasteiger partial charge on any atom is -0.263 e. The van der Waals surface area contributed by atoms with E-state index in [0.29, 0.717) is 5.56 Å². The van der Waals surface area contributed by atoms with E-state index in [9.17, 15) is 0 Å². The molecule has 5 heteroatoms. The summed E-state index contributed by atoms with van der Waals surface area (Å²) in [4.78, 5) is 4.29. The number of hydrogen-bond acceptors (Lipinski definition) is 3. The van der Waals surface area contributed by atoms with E-state index in [1.54, 1.807) is 0 Å². The fraction of sp³-hybridized carbons (Fsp3) is 0.0625. The summed E-state index contributed by atoms with van der Waals surface area (Å²) in [7, 11) is 0. The molecule has 1 unspecified atom stereocenters. The van der Waals surface area contributed by atoms with Gasteiger partial charge >= 0.3 is 0 Å². The molecule has 0 aliphatic rings. The summed E-state index contributed by atoms with van der Waals surface area (Å²) in [5.41, 5.74) is 2.82. The predicted octanol–water partition coefficient (Wildman–Crippen LogP) is 3.62. The van der Waals surface area contributed by atoms with Gasteiger partial charge in [-0.1, -0.05) is 40.2 Å². The van der Waals surface area contributed by atoms with Crippen molar-refractivity contribution in [3.05, 3.63) is 81.8 Å². The Balaban J connectivity index is 2.08. The largest absolute Gasteiger partial charge is 0.263 e. The van der Waals surface area contributed by atoms with Gasteiger partial charge in [0.2, 0.25) is 0 Å². The molecule has 3 aromatic rings. The zero-order chi connectivity index (χ0) is 14.7. The molecule has 0 bridgehead atoms. The minimum atomic E-state index is -0.0339. The van der Waals surface area contributed by atoms with Crippen LogP contribution in [0.2, 0.25) is 0 Å². The molecular formula is C16H11BrN4. The molecule has 21 heavy (non-hydrogen) atoms. The highest BCUT2D eigenvalue weighted by Gasteiger charge is 2.19. The number of halogens is 1. The number of nitriles is 1. The number of nitrogens with one attached hydrogen (secondary N) is 1. The van der Waals surface area contributed by atoms with E-state index >= 15 is 0 Å². The van der Waals surface area contributed by atoms with Crippen molar-refractivity contribution in [1.29, 1.82) is 5.26 Å². The third-order valence-electron chi connectivity index (χ3n) is 3.28. The Morgan fingerprint density at radius 2 is 1.62 bits per heavy atom. The Morgan fingerprint density at radius 3 is 2.14 bits per heavy atom. The van der Waals surface area contributed by atoms with Crippen LogP contribution in [0, 0.1) is 11.3 Å². The predicted molar refractivity (Wildman–Crippen MR) is 82.6 cm³/mol. The summed E-state index contributed by atoms with van der Waals surface area (Å²) >= 11 is 3.45. The molecule has 102 valence electrons. The average Bonchev–Trinajstić information content (AvgIpc) is 3.04. The summed E-state index contributed by atoms with van der Waals surface area (Å²) in [6.45, 7) is 0. The molecule has 0 spiro atoms. The Bertz CT molecular complexity index is 756. The highest BCUT2D eigenvalue weighted by molar-refractivity contribution is 9.10. The van der Waals surface area contributed by atoms with Gasteiger partial charge in [-0.3, -0.25) is 5.10 Å². The van der Waals surface area contributed by atoms with Gasteiger partial charge in [0.25, 0.3) is 0 Å². The Hall–Kier alpha value is -2.45. The van der Waals surface area contributed by atoms with Gasteiger partial charge in [-0.2, -0.15) is 10.4 Å². The smallest absolute Gasteiger partial charge is 0.137 e. The fourth-order valence-corrected chi connectivity index (χ4v) is 2.53. The van der Waals surface area contributed by atoms with Gasteiger partial charge in [0.15, 0.2) is 0 Å². The molecule has 3 rings (SSSR count). The Morgan fingerprint density at radius 1 is 1.00 bits per heavy atom. The SMILES string of the molecule is N#Cc1ccc(C(c2ccc(Br)cc2)c2ncn[nH]2)cc1. The maximum Gasteiger partial charge on any atom is 0.137 e. The summed E-state index contributed by atoms with van der Waals surface area (Å²) in [5.74, 6) is 0.746. The molecule has 0 saturated heterocycles. The van der Waals surface area contributed by atoms with E-state index in [1.807, 2.05) is 36.4 Å². The first-order valence-corrected chi connectivity index (χ1v) is 7.18. The monoisotopic (exact) mass is 338 g/mol. The van der Waals surface area contributed by atoms with Gasteiger partial charge in [0, 0.05) is 4.47 Å². The van der Waals surface area contributed by atoms with E-state index in [1.165, 1.54) is 6.33 Å². The maximum absolute atomic E-state index is 8.91. The van der Waals surface area contributed by atoms with Gasteiger partial charge in [-0.15, -0.1) is 0 Å². The number of benzene rings is 2. The van der Waals surface area contributed by atoms with Crippen LogP contribution in [0.5, 0.6) is 0 Å². The molecule has 1 N–H and O–H groups in total. The van der Waals surface area contributed by atoms with Gasteiger partial charge < -0.3 is 0 Å². The second-order valence-electron chi connectivity index (χ2n) is 4.59. The zero-order valence-corrected chi connectivity index (χ0v) is 12.6. The molecule has 1 aromatic heterocycles. The molecule has 1 heterocycles. The first-order valence-electron chi connectivity index (χ1n) is 6.38. The number of aromatic amines is 1. The topological polar surface area (TPSA) is 65.4 Å². The highest BCUT2D eigenvalue weighted by Crippen LogP contribution is 2.30. The molecule has 2 aromatic carbocycles. The lowest BCUT2D eigenvalue weighted by molar-refractivity contribution is 0.862. The number of aromatic nitrogens is 3. The van der Waals surface area contributed by atoms with Gasteiger partial charge in [0.1, 0.15) is 12.2 Å². The van der Waals surface area contributed by atoms with Crippen molar-refractivity contribution >= 4 is 15.9 Å². The van der Waals surface area contributed by atoms with Crippen molar-refractivity contribution in [3.8, 4) is 6.07 Å². The van der Waals surface area contributed by atoms with Crippen LogP contribution in [0.1, 0.15) is 28.4 Å². The van der Waals surface area contributed by atoms with Crippen LogP contribution >= 0.6 is 15.9 Å². The summed E-state index contributed by atoms with van der Waals surface area (Å²) in [5, 5.41) is 15.8. The van der Waals surface area contributed by atoms with E-state index < -0.39 is 0 Å². The van der Waals surface area contributed by atoms with Crippen LogP contribution < -0.4 is 0 Å². The van der Waals surface area contributed by atoms with Crippen LogP contribution in [0.3, 0.4) is 0 Å². The minimum absolute atomic E-state index is 0.0339. The molecule has 4 nitrogen and oxygen atoms in total. The average molecular weight is 339 g/mol. The van der Waals surface area contributed by atoms with Gasteiger partial charge in [-0.25, -0.2) is 4.98 Å². The number of H-pyrrole nitrogens is 1. The molecular weight excluding hydrogens is 328 g/mol. The second kappa shape index (κ2) is 5.90. The lowest BCUT2D eigenvalue weighted by Gasteiger charge is -2.15. The fourth-order valence-electron chi connectivity index (χ4n) is 2.27. The van der Waals surface area contributed by atoms with Crippen molar-refractivity contribution in [3.63, 3.8) is 0 Å². The number of hydrogen-bond donors (Lipinski definition) is 1. The molecule has 0 radical (unpaired) electrons. The highest BCUT2D eigenvalue weighted by atomic mass is 79.9. The summed E-state index contributed by atoms with van der Waals surface area (Å²) < 4.78 is 1.03. The maximum atomic E-state index is 8.91. The molecule has 0 fully saturated rings. The number of rotatable bonds is 3. The number of nitrogens with zero attached hydrogens (tertiary/aromatic N) is 3. The van der Waals surface area contributed by atoms with Crippen molar-refractivity contribution in [2.24, 2.45) is 0 Å². The van der Waals surface area contributed by atoms with E-state index in [0.717, 1.165) is 21.4 Å². The standard InChI is InChI=1S/C16H11BrN4/c17-14-7-5-13(6-8-14)15(16-19-10-20-21-16)12-3-1-11(9-18)2-4-12/h1-8,10,15H,(H,19,20,21). The van der Waals surface area contributed by atoms with Crippen molar-refractivity contribution < 1.29 is 0 Å². The van der Waals surface area contributed by atoms with E-state index in [-0.39, 0.29) is 5.92 Å². The van der Waals surface area contributed by atoms with Gasteiger partial charge in [0.05, 0.1) is 17.6 Å². The normalized spacial score (nSPS) is 11.8. The second-order valence-corrected chi connectivity index (χ2v) is 5.50. The van der Waals surface area contributed by atoms with Gasteiger partial charge in [-0.05, 0) is 35.4 Å². The summed E-state index contributed by atoms with van der Waals surface area (Å²) in [6.07, 6.45) is 1.50. The first kappa shape index (κ1) is 13.5. The van der Waals surface area contributed by atoms with Crippen LogP contribution in [0.15, 0.2) is 59.3 Å². The Labute approximate surface area is 130 Å². The quantitative estimate of drug-likeness (QED) is 0.793. The van der Waals surface area contributed by atoms with Crippen LogP contribution in [-0.4, -0.2) is 15.2 Å². The van der Waals surface area contributed by atoms with Crippen LogP contribution in [-0.2, 0) is 0 Å². The lowest BCUT2D eigenvalue weighted by atomic mass is 9.90. The van der Waals surface area contributed by atoms with Crippen molar-refractivity contribution in [2.75, 3.05) is 0 Å². The van der Waals surface area contributed by atoms with Crippen molar-refractivity contribution in [2.45, 2.75) is 5.92 Å². The molecule has 0 aliphatic carbocycles. The van der Waals surface area contributed by atoms with Crippen molar-refractivity contribution in [1.82, 2.24) is 15.2 Å². The van der Waals surface area contributed by atoms with Crippen LogP contribution in [0.4, 0.5) is 0 Å². The van der Waals surface area contributed by atoms with E-state index in [4.69, 9.17) is 5.26 Å². The third-order valence-corrected chi connectivity index (χ3v) is 3.81. The first-order chi connectivity index (χ1) is 10.3. The molecule has 0 aliphatic heterocycles. The molecule has 0 saturated carbocycles. The zero-order valence-electron chi connectivity index (χ0n) is 11.0. The van der Waals surface area contributed by atoms with Crippen LogP contribution in [0.25, 0.3) is 0 Å². The molecule has 0 amide bonds. The Kier molecular flexibility index (Phi) is 3.80.